The van der Waals surface area contributed by atoms with Crippen LogP contribution in [0.5, 0.6) is 5.88 Å². The lowest BCUT2D eigenvalue weighted by Gasteiger charge is -2.22. The van der Waals surface area contributed by atoms with Crippen LogP contribution in [0.4, 0.5) is 0 Å². The molecule has 1 atom stereocenters. The molecule has 84 valence electrons. The summed E-state index contributed by atoms with van der Waals surface area (Å²) in [7, 11) is 4.49. The van der Waals surface area contributed by atoms with Crippen molar-refractivity contribution >= 4 is 9.24 Å². The van der Waals surface area contributed by atoms with Crippen LogP contribution in [0.1, 0.15) is 44.7 Å². The van der Waals surface area contributed by atoms with E-state index in [1.807, 2.05) is 6.20 Å². The zero-order valence-electron chi connectivity index (χ0n) is 10.2. The Morgan fingerprint density at radius 3 is 2.40 bits per heavy atom. The molecule has 2 nitrogen and oxygen atoms in total. The van der Waals surface area contributed by atoms with Gasteiger partial charge in [0.1, 0.15) is 0 Å². The molecule has 1 unspecified atom stereocenters. The van der Waals surface area contributed by atoms with Crippen LogP contribution in [0.2, 0.25) is 0 Å². The smallest absolute Gasteiger partial charge is 0.217 e. The second-order valence-corrected chi connectivity index (χ2v) is 6.15. The molecule has 0 aliphatic carbocycles. The molecule has 0 bridgehead atoms. The van der Waals surface area contributed by atoms with Crippen molar-refractivity contribution in [1.82, 2.24) is 4.98 Å². The highest BCUT2D eigenvalue weighted by atomic mass is 31.0. The van der Waals surface area contributed by atoms with E-state index >= 15 is 0 Å². The third kappa shape index (κ3) is 2.92. The molecule has 0 fully saturated rings. The summed E-state index contributed by atoms with van der Waals surface area (Å²) in [4.78, 5) is 4.35. The molecule has 1 heterocycles. The molecule has 1 aromatic rings. The normalized spacial score (nSPS) is 11.9. The second-order valence-electron chi connectivity index (χ2n) is 4.70. The minimum atomic E-state index is -0.0107. The Bertz CT molecular complexity index is 342. The summed E-state index contributed by atoms with van der Waals surface area (Å²) in [5.41, 5.74) is 2.39. The van der Waals surface area contributed by atoms with Gasteiger partial charge in [0.05, 0.1) is 7.11 Å². The Labute approximate surface area is 94.6 Å². The van der Waals surface area contributed by atoms with Crippen molar-refractivity contribution in [3.05, 3.63) is 23.4 Å². The van der Waals surface area contributed by atoms with Crippen LogP contribution < -0.4 is 4.74 Å². The molecule has 0 amide bonds. The lowest BCUT2D eigenvalue weighted by atomic mass is 9.97. The molecule has 0 spiro atoms. The van der Waals surface area contributed by atoms with Crippen LogP contribution >= 0.6 is 9.24 Å². The molecular formula is C12H20NOP. The van der Waals surface area contributed by atoms with Gasteiger partial charge in [0, 0.05) is 16.9 Å². The van der Waals surface area contributed by atoms with E-state index in [0.717, 1.165) is 11.4 Å². The van der Waals surface area contributed by atoms with E-state index in [4.69, 9.17) is 4.74 Å². The van der Waals surface area contributed by atoms with Gasteiger partial charge in [-0.1, -0.05) is 27.7 Å². The van der Waals surface area contributed by atoms with Gasteiger partial charge in [0.2, 0.25) is 5.88 Å². The molecule has 1 aromatic heterocycles. The first-order chi connectivity index (χ1) is 6.86. The Balaban J connectivity index is 3.26. The SMILES string of the molecule is COc1ncc(C(C)C)cc1C(C)(C)P. The first-order valence-electron chi connectivity index (χ1n) is 5.19. The van der Waals surface area contributed by atoms with E-state index in [9.17, 15) is 0 Å². The summed E-state index contributed by atoms with van der Waals surface area (Å²) in [6, 6.07) is 2.18. The van der Waals surface area contributed by atoms with Gasteiger partial charge < -0.3 is 4.74 Å². The summed E-state index contributed by atoms with van der Waals surface area (Å²) < 4.78 is 5.28. The molecule has 0 radical (unpaired) electrons. The van der Waals surface area contributed by atoms with Crippen LogP contribution in [0.15, 0.2) is 12.3 Å². The standard InChI is InChI=1S/C12H20NOP/c1-8(2)9-6-10(12(3,4)15)11(14-5)13-7-9/h6-8H,15H2,1-5H3. The van der Waals surface area contributed by atoms with Gasteiger partial charge in [-0.15, -0.1) is 9.24 Å². The van der Waals surface area contributed by atoms with Crippen molar-refractivity contribution in [2.24, 2.45) is 0 Å². The summed E-state index contributed by atoms with van der Waals surface area (Å²) in [6.07, 6.45) is 1.89. The van der Waals surface area contributed by atoms with Crippen LogP contribution in [-0.4, -0.2) is 12.1 Å². The molecule has 0 saturated heterocycles. The van der Waals surface area contributed by atoms with Crippen LogP contribution in [0, 0.1) is 0 Å². The Hall–Kier alpha value is -0.620. The largest absolute Gasteiger partial charge is 0.481 e. The highest BCUT2D eigenvalue weighted by Crippen LogP contribution is 2.36. The molecule has 3 heteroatoms. The average Bonchev–Trinajstić information content (AvgIpc) is 2.15. The number of hydrogen-bond acceptors (Lipinski definition) is 2. The molecule has 15 heavy (non-hydrogen) atoms. The van der Waals surface area contributed by atoms with E-state index in [1.54, 1.807) is 7.11 Å². The zero-order valence-corrected chi connectivity index (χ0v) is 11.3. The minimum Gasteiger partial charge on any atom is -0.481 e. The van der Waals surface area contributed by atoms with Gasteiger partial charge in [-0.25, -0.2) is 4.98 Å². The topological polar surface area (TPSA) is 22.1 Å². The summed E-state index contributed by atoms with van der Waals surface area (Å²) in [6.45, 7) is 8.62. The highest BCUT2D eigenvalue weighted by molar-refractivity contribution is 7.18. The number of aromatic nitrogens is 1. The molecule has 0 aliphatic rings. The Morgan fingerprint density at radius 1 is 1.40 bits per heavy atom. The maximum atomic E-state index is 5.28. The molecular weight excluding hydrogens is 205 g/mol. The number of pyridine rings is 1. The van der Waals surface area contributed by atoms with Crippen molar-refractivity contribution in [3.8, 4) is 5.88 Å². The summed E-state index contributed by atoms with van der Waals surface area (Å²) >= 11 is 0. The predicted molar refractivity (Wildman–Crippen MR) is 67.6 cm³/mol. The van der Waals surface area contributed by atoms with Gasteiger partial charge in [-0.05, 0) is 17.5 Å². The van der Waals surface area contributed by atoms with Crippen molar-refractivity contribution < 1.29 is 4.74 Å². The van der Waals surface area contributed by atoms with Crippen molar-refractivity contribution in [1.29, 1.82) is 0 Å². The van der Waals surface area contributed by atoms with Gasteiger partial charge in [-0.3, -0.25) is 0 Å². The van der Waals surface area contributed by atoms with Gasteiger partial charge >= 0.3 is 0 Å². The predicted octanol–water partition coefficient (Wildman–Crippen LogP) is 3.32. The fourth-order valence-corrected chi connectivity index (χ4v) is 1.62. The number of rotatable bonds is 3. The number of ether oxygens (including phenoxy) is 1. The van der Waals surface area contributed by atoms with Crippen molar-refractivity contribution in [2.75, 3.05) is 7.11 Å². The minimum absolute atomic E-state index is 0.0107. The maximum absolute atomic E-state index is 5.28. The van der Waals surface area contributed by atoms with Crippen molar-refractivity contribution in [3.63, 3.8) is 0 Å². The highest BCUT2D eigenvalue weighted by Gasteiger charge is 2.21. The molecule has 0 N–H and O–H groups in total. The molecule has 0 aromatic carbocycles. The van der Waals surface area contributed by atoms with E-state index in [1.165, 1.54) is 5.56 Å². The monoisotopic (exact) mass is 225 g/mol. The Morgan fingerprint density at radius 2 is 2.00 bits per heavy atom. The average molecular weight is 225 g/mol. The Kier molecular flexibility index (Phi) is 3.72. The fraction of sp³-hybridized carbons (Fsp3) is 0.583. The first kappa shape index (κ1) is 12.4. The zero-order chi connectivity index (χ0) is 11.6. The maximum Gasteiger partial charge on any atom is 0.217 e. The third-order valence-electron chi connectivity index (χ3n) is 2.43. The lowest BCUT2D eigenvalue weighted by Crippen LogP contribution is -2.11. The van der Waals surface area contributed by atoms with Gasteiger partial charge in [0.15, 0.2) is 0 Å². The molecule has 0 saturated carbocycles. The van der Waals surface area contributed by atoms with E-state index < -0.39 is 0 Å². The quantitative estimate of drug-likeness (QED) is 0.736. The number of nitrogens with zero attached hydrogens (tertiary/aromatic N) is 1. The lowest BCUT2D eigenvalue weighted by molar-refractivity contribution is 0.388. The van der Waals surface area contributed by atoms with Crippen molar-refractivity contribution in [2.45, 2.75) is 38.8 Å². The molecule has 1 rings (SSSR count). The van der Waals surface area contributed by atoms with E-state index in [2.05, 4.69) is 48.0 Å². The van der Waals surface area contributed by atoms with Crippen LogP contribution in [0.25, 0.3) is 0 Å². The van der Waals surface area contributed by atoms with Gasteiger partial charge in [0.25, 0.3) is 0 Å². The van der Waals surface area contributed by atoms with E-state index in [0.29, 0.717) is 5.92 Å². The van der Waals surface area contributed by atoms with Gasteiger partial charge in [-0.2, -0.15) is 0 Å². The summed E-state index contributed by atoms with van der Waals surface area (Å²) in [5.74, 6) is 1.22. The van der Waals surface area contributed by atoms with E-state index in [-0.39, 0.29) is 5.16 Å². The van der Waals surface area contributed by atoms with Crippen LogP contribution in [0.3, 0.4) is 0 Å². The second kappa shape index (κ2) is 4.49. The molecule has 0 aliphatic heterocycles. The number of methoxy groups -OCH3 is 1. The first-order valence-corrected chi connectivity index (χ1v) is 5.77. The van der Waals surface area contributed by atoms with Crippen LogP contribution in [-0.2, 0) is 5.16 Å². The third-order valence-corrected chi connectivity index (χ3v) is 2.74. The fourth-order valence-electron chi connectivity index (χ4n) is 1.41. The summed E-state index contributed by atoms with van der Waals surface area (Å²) in [5, 5.41) is -0.0107. The number of hydrogen-bond donors (Lipinski definition) is 0.